The summed E-state index contributed by atoms with van der Waals surface area (Å²) >= 11 is 2.48. The van der Waals surface area contributed by atoms with Crippen molar-refractivity contribution >= 4 is 33.1 Å². The van der Waals surface area contributed by atoms with E-state index in [1.54, 1.807) is 0 Å². The van der Waals surface area contributed by atoms with Crippen molar-refractivity contribution in [3.8, 4) is 0 Å². The van der Waals surface area contributed by atoms with Gasteiger partial charge >= 0.3 is 0 Å². The number of unbranched alkanes of at least 4 members (excludes halogenated alkanes) is 2. The molecule has 13 heavy (non-hydrogen) atoms. The second-order valence-electron chi connectivity index (χ2n) is 3.73. The molecule has 0 atom stereocenters. The fourth-order valence-corrected chi connectivity index (χ4v) is 3.73. The molecule has 0 aliphatic heterocycles. The highest BCUT2D eigenvalue weighted by Crippen LogP contribution is 2.27. The second-order valence-corrected chi connectivity index (χ2v) is 4.90. The Bertz CT molecular complexity index is 105. The van der Waals surface area contributed by atoms with E-state index < -0.39 is 0 Å². The van der Waals surface area contributed by atoms with Crippen molar-refractivity contribution in [3.63, 3.8) is 0 Å². The minimum atomic E-state index is 0.235. The van der Waals surface area contributed by atoms with E-state index in [2.05, 4.69) is 36.4 Å². The molecule has 0 aromatic carbocycles. The average Bonchev–Trinajstić information content (AvgIpc) is 2.20. The lowest BCUT2D eigenvalue weighted by Gasteiger charge is -2.31. The van der Waals surface area contributed by atoms with Gasteiger partial charge in [-0.1, -0.05) is 62.1 Å². The molecule has 0 rings (SSSR count). The van der Waals surface area contributed by atoms with Gasteiger partial charge in [-0.05, 0) is 12.8 Å². The third-order valence-electron chi connectivity index (χ3n) is 2.65. The minimum Gasteiger partial charge on any atom is -0.422 e. The maximum absolute atomic E-state index is 5.82. The Morgan fingerprint density at radius 3 is 1.85 bits per heavy atom. The Morgan fingerprint density at radius 1 is 1.15 bits per heavy atom. The first-order chi connectivity index (χ1) is 6.24. The average molecular weight is 314 g/mol. The number of halogens is 1. The zero-order valence-electron chi connectivity index (χ0n) is 9.24. The predicted molar refractivity (Wildman–Crippen MR) is 71.7 cm³/mol. The van der Waals surface area contributed by atoms with Gasteiger partial charge in [-0.3, -0.25) is 0 Å². The van der Waals surface area contributed by atoms with Gasteiger partial charge in [-0.15, -0.1) is 0 Å². The standard InChI is InChI=1S/C10H23IOSi/c1-3-5-7-10(9-11,12-13)8-6-4-2/h3-9H2,1-2,13H3. The van der Waals surface area contributed by atoms with Gasteiger partial charge < -0.3 is 4.43 Å². The fraction of sp³-hybridized carbons (Fsp3) is 1.00. The van der Waals surface area contributed by atoms with Crippen LogP contribution in [0.4, 0.5) is 0 Å². The van der Waals surface area contributed by atoms with Gasteiger partial charge in [0, 0.05) is 4.43 Å². The van der Waals surface area contributed by atoms with Crippen molar-refractivity contribution in [2.24, 2.45) is 0 Å². The molecule has 0 fully saturated rings. The zero-order valence-corrected chi connectivity index (χ0v) is 13.4. The first-order valence-electron chi connectivity index (χ1n) is 5.35. The van der Waals surface area contributed by atoms with Crippen molar-refractivity contribution < 1.29 is 4.43 Å². The number of alkyl halides is 1. The van der Waals surface area contributed by atoms with Crippen LogP contribution in [0.1, 0.15) is 52.4 Å². The highest BCUT2D eigenvalue weighted by atomic mass is 127. The molecular weight excluding hydrogens is 291 g/mol. The molecule has 0 aromatic heterocycles. The summed E-state index contributed by atoms with van der Waals surface area (Å²) in [5, 5.41) is 0. The van der Waals surface area contributed by atoms with E-state index in [4.69, 9.17) is 4.43 Å². The van der Waals surface area contributed by atoms with Crippen molar-refractivity contribution in [2.75, 3.05) is 4.43 Å². The molecule has 1 nitrogen and oxygen atoms in total. The molecule has 0 saturated carbocycles. The van der Waals surface area contributed by atoms with E-state index in [0.29, 0.717) is 0 Å². The minimum absolute atomic E-state index is 0.235. The Hall–Kier alpha value is 0.907. The topological polar surface area (TPSA) is 9.23 Å². The van der Waals surface area contributed by atoms with Gasteiger partial charge in [-0.2, -0.15) is 0 Å². The Morgan fingerprint density at radius 2 is 1.62 bits per heavy atom. The van der Waals surface area contributed by atoms with E-state index in [0.717, 1.165) is 14.9 Å². The maximum atomic E-state index is 5.82. The molecule has 0 amide bonds. The van der Waals surface area contributed by atoms with Crippen LogP contribution in [0.5, 0.6) is 0 Å². The van der Waals surface area contributed by atoms with Crippen molar-refractivity contribution in [1.82, 2.24) is 0 Å². The van der Waals surface area contributed by atoms with Gasteiger partial charge in [0.25, 0.3) is 0 Å². The van der Waals surface area contributed by atoms with Crippen LogP contribution < -0.4 is 0 Å². The van der Waals surface area contributed by atoms with Gasteiger partial charge in [0.15, 0.2) is 0 Å². The molecule has 0 aliphatic rings. The summed E-state index contributed by atoms with van der Waals surface area (Å²) < 4.78 is 6.98. The normalized spacial score (nSPS) is 12.2. The SMILES string of the molecule is CCCCC(CI)(CCCC)O[SiH3]. The fourth-order valence-electron chi connectivity index (χ4n) is 1.52. The van der Waals surface area contributed by atoms with Gasteiger partial charge in [0.05, 0.1) is 5.60 Å². The quantitative estimate of drug-likeness (QED) is 0.380. The van der Waals surface area contributed by atoms with Crippen molar-refractivity contribution in [3.05, 3.63) is 0 Å². The lowest BCUT2D eigenvalue weighted by Crippen LogP contribution is -2.33. The Kier molecular flexibility index (Phi) is 8.81. The molecule has 0 unspecified atom stereocenters. The summed E-state index contributed by atoms with van der Waals surface area (Å²) in [5.74, 6) is 0. The Balaban J connectivity index is 3.97. The zero-order chi connectivity index (χ0) is 10.2. The van der Waals surface area contributed by atoms with E-state index in [9.17, 15) is 0 Å². The molecular formula is C10H23IOSi. The highest BCUT2D eigenvalue weighted by Gasteiger charge is 2.25. The highest BCUT2D eigenvalue weighted by molar-refractivity contribution is 14.1. The summed E-state index contributed by atoms with van der Waals surface area (Å²) in [6, 6.07) is 0. The van der Waals surface area contributed by atoms with Gasteiger partial charge in [0.1, 0.15) is 10.5 Å². The largest absolute Gasteiger partial charge is 0.422 e. The number of rotatable bonds is 8. The summed E-state index contributed by atoms with van der Waals surface area (Å²) in [6.07, 6.45) is 7.72. The van der Waals surface area contributed by atoms with E-state index in [1.165, 1.54) is 38.5 Å². The van der Waals surface area contributed by atoms with Crippen LogP contribution >= 0.6 is 22.6 Å². The van der Waals surface area contributed by atoms with Gasteiger partial charge in [0.2, 0.25) is 0 Å². The van der Waals surface area contributed by atoms with Crippen LogP contribution in [-0.4, -0.2) is 20.5 Å². The monoisotopic (exact) mass is 314 g/mol. The third-order valence-corrected chi connectivity index (χ3v) is 4.90. The maximum Gasteiger partial charge on any atom is 0.146 e. The molecule has 0 saturated heterocycles. The molecule has 0 spiro atoms. The van der Waals surface area contributed by atoms with Crippen LogP contribution in [0.25, 0.3) is 0 Å². The summed E-state index contributed by atoms with van der Waals surface area (Å²) in [6.45, 7) is 4.51. The molecule has 0 heterocycles. The predicted octanol–water partition coefficient (Wildman–Crippen LogP) is 2.84. The van der Waals surface area contributed by atoms with E-state index >= 15 is 0 Å². The molecule has 0 radical (unpaired) electrons. The molecule has 3 heteroatoms. The second kappa shape index (κ2) is 8.23. The molecule has 0 aliphatic carbocycles. The van der Waals surface area contributed by atoms with Crippen molar-refractivity contribution in [2.45, 2.75) is 58.0 Å². The lowest BCUT2D eigenvalue weighted by atomic mass is 9.93. The van der Waals surface area contributed by atoms with Gasteiger partial charge in [-0.25, -0.2) is 0 Å². The van der Waals surface area contributed by atoms with Crippen LogP contribution in [0.2, 0.25) is 0 Å². The first-order valence-corrected chi connectivity index (χ1v) is 7.70. The first kappa shape index (κ1) is 13.9. The number of hydrogen-bond acceptors (Lipinski definition) is 1. The smallest absolute Gasteiger partial charge is 0.146 e. The number of hydrogen-bond donors (Lipinski definition) is 0. The molecule has 80 valence electrons. The third kappa shape index (κ3) is 5.37. The summed E-state index contributed by atoms with van der Waals surface area (Å²) in [4.78, 5) is 0. The summed E-state index contributed by atoms with van der Waals surface area (Å²) in [5.41, 5.74) is 0.235. The Labute approximate surface area is 99.7 Å². The molecule has 0 aromatic rings. The van der Waals surface area contributed by atoms with Crippen LogP contribution in [0, 0.1) is 0 Å². The lowest BCUT2D eigenvalue weighted by molar-refractivity contribution is 0.0840. The van der Waals surface area contributed by atoms with Crippen LogP contribution in [0.15, 0.2) is 0 Å². The molecule has 0 bridgehead atoms. The molecule has 0 N–H and O–H groups in total. The van der Waals surface area contributed by atoms with Crippen LogP contribution in [-0.2, 0) is 4.43 Å². The van der Waals surface area contributed by atoms with Crippen LogP contribution in [0.3, 0.4) is 0 Å². The van der Waals surface area contributed by atoms with Crippen molar-refractivity contribution in [1.29, 1.82) is 0 Å². The van der Waals surface area contributed by atoms with E-state index in [-0.39, 0.29) is 5.60 Å². The summed E-state index contributed by atoms with van der Waals surface area (Å²) in [7, 11) is 0.885. The van der Waals surface area contributed by atoms with E-state index in [1.807, 2.05) is 0 Å².